The third-order valence-electron chi connectivity index (χ3n) is 5.52. The Balaban J connectivity index is 1.69. The van der Waals surface area contributed by atoms with Crippen molar-refractivity contribution in [3.05, 3.63) is 138 Å². The molecule has 0 N–H and O–H groups in total. The van der Waals surface area contributed by atoms with Crippen molar-refractivity contribution in [3.63, 3.8) is 0 Å². The standard InChI is InChI=1S/C27H23NO/c1-5-13-21(14-6-1)25-26(22-15-7-2-8-16-22)29-27(23-17-9-3-10-18-23)28(25)24-19-11-4-12-20-24/h1-20,25-27H/t25-,26+,27-/m1/s1. The molecule has 142 valence electrons. The van der Waals surface area contributed by atoms with Crippen LogP contribution in [0.1, 0.15) is 35.1 Å². The van der Waals surface area contributed by atoms with Crippen molar-refractivity contribution in [2.45, 2.75) is 18.4 Å². The Hall–Kier alpha value is -3.36. The quantitative estimate of drug-likeness (QED) is 0.392. The summed E-state index contributed by atoms with van der Waals surface area (Å²) in [6.07, 6.45) is -0.224. The minimum Gasteiger partial charge on any atom is -0.344 e. The fraction of sp³-hybridized carbons (Fsp3) is 0.111. The molecule has 0 radical (unpaired) electrons. The number of para-hydroxylation sites is 1. The smallest absolute Gasteiger partial charge is 0.158 e. The number of anilines is 1. The lowest BCUT2D eigenvalue weighted by molar-refractivity contribution is 0.0404. The van der Waals surface area contributed by atoms with E-state index in [2.05, 4.69) is 126 Å². The zero-order valence-electron chi connectivity index (χ0n) is 16.1. The molecular formula is C27H23NO. The molecule has 0 amide bonds. The van der Waals surface area contributed by atoms with Crippen LogP contribution in [-0.4, -0.2) is 0 Å². The maximum Gasteiger partial charge on any atom is 0.158 e. The van der Waals surface area contributed by atoms with E-state index in [0.29, 0.717) is 0 Å². The molecule has 2 nitrogen and oxygen atoms in total. The first-order chi connectivity index (χ1) is 14.4. The van der Waals surface area contributed by atoms with Crippen LogP contribution in [0.2, 0.25) is 0 Å². The van der Waals surface area contributed by atoms with E-state index >= 15 is 0 Å². The number of benzene rings is 4. The maximum absolute atomic E-state index is 6.79. The van der Waals surface area contributed by atoms with Crippen molar-refractivity contribution in [2.75, 3.05) is 4.90 Å². The van der Waals surface area contributed by atoms with E-state index in [1.54, 1.807) is 0 Å². The summed E-state index contributed by atoms with van der Waals surface area (Å²) in [7, 11) is 0. The van der Waals surface area contributed by atoms with Crippen LogP contribution in [-0.2, 0) is 4.74 Å². The summed E-state index contributed by atoms with van der Waals surface area (Å²) in [5.41, 5.74) is 4.77. The fourth-order valence-electron chi connectivity index (χ4n) is 4.21. The van der Waals surface area contributed by atoms with Crippen molar-refractivity contribution < 1.29 is 4.74 Å². The summed E-state index contributed by atoms with van der Waals surface area (Å²) < 4.78 is 6.79. The van der Waals surface area contributed by atoms with Gasteiger partial charge in [0.2, 0.25) is 0 Å². The van der Waals surface area contributed by atoms with Gasteiger partial charge in [-0.15, -0.1) is 0 Å². The average molecular weight is 377 g/mol. The second-order valence-electron chi connectivity index (χ2n) is 7.33. The molecule has 0 bridgehead atoms. The number of rotatable bonds is 4. The van der Waals surface area contributed by atoms with E-state index in [1.165, 1.54) is 11.1 Å². The lowest BCUT2D eigenvalue weighted by Crippen LogP contribution is -2.27. The third kappa shape index (κ3) is 3.43. The molecule has 4 aromatic carbocycles. The van der Waals surface area contributed by atoms with Gasteiger partial charge >= 0.3 is 0 Å². The second kappa shape index (κ2) is 7.94. The summed E-state index contributed by atoms with van der Waals surface area (Å²) in [4.78, 5) is 2.42. The van der Waals surface area contributed by atoms with Gasteiger partial charge in [-0.25, -0.2) is 0 Å². The van der Waals surface area contributed by atoms with Crippen LogP contribution >= 0.6 is 0 Å². The van der Waals surface area contributed by atoms with E-state index < -0.39 is 0 Å². The summed E-state index contributed by atoms with van der Waals surface area (Å²) in [6, 6.07) is 42.4. The molecule has 1 heterocycles. The molecule has 1 fully saturated rings. The molecule has 1 saturated heterocycles. The van der Waals surface area contributed by atoms with Crippen molar-refractivity contribution in [2.24, 2.45) is 0 Å². The molecule has 1 aliphatic rings. The first-order valence-electron chi connectivity index (χ1n) is 10.1. The Morgan fingerprint density at radius 2 is 0.931 bits per heavy atom. The lowest BCUT2D eigenvalue weighted by atomic mass is 9.95. The van der Waals surface area contributed by atoms with Gasteiger partial charge in [0.05, 0.1) is 6.04 Å². The van der Waals surface area contributed by atoms with E-state index in [1.807, 2.05) is 0 Å². The molecule has 0 aliphatic carbocycles. The number of hydrogen-bond donors (Lipinski definition) is 0. The predicted octanol–water partition coefficient (Wildman–Crippen LogP) is 6.70. The van der Waals surface area contributed by atoms with Crippen LogP contribution in [0.5, 0.6) is 0 Å². The molecule has 0 unspecified atom stereocenters. The monoisotopic (exact) mass is 377 g/mol. The highest BCUT2D eigenvalue weighted by Crippen LogP contribution is 2.52. The van der Waals surface area contributed by atoms with E-state index in [-0.39, 0.29) is 18.4 Å². The van der Waals surface area contributed by atoms with Crippen molar-refractivity contribution in [1.29, 1.82) is 0 Å². The first-order valence-corrected chi connectivity index (χ1v) is 10.1. The largest absolute Gasteiger partial charge is 0.344 e. The molecule has 5 rings (SSSR count). The molecule has 4 aromatic rings. The van der Waals surface area contributed by atoms with Crippen molar-refractivity contribution >= 4 is 5.69 Å². The summed E-state index contributed by atoms with van der Waals surface area (Å²) in [6.45, 7) is 0. The minimum atomic E-state index is -0.158. The predicted molar refractivity (Wildman–Crippen MR) is 118 cm³/mol. The molecule has 3 atom stereocenters. The van der Waals surface area contributed by atoms with Gasteiger partial charge in [0, 0.05) is 11.3 Å². The highest BCUT2D eigenvalue weighted by molar-refractivity contribution is 5.53. The molecule has 29 heavy (non-hydrogen) atoms. The highest BCUT2D eigenvalue weighted by atomic mass is 16.5. The van der Waals surface area contributed by atoms with Gasteiger partial charge in [0.1, 0.15) is 6.10 Å². The Morgan fingerprint density at radius 3 is 1.48 bits per heavy atom. The highest BCUT2D eigenvalue weighted by Gasteiger charge is 2.44. The first kappa shape index (κ1) is 17.7. The Morgan fingerprint density at radius 1 is 0.483 bits per heavy atom. The van der Waals surface area contributed by atoms with Gasteiger partial charge in [-0.3, -0.25) is 0 Å². The molecular weight excluding hydrogens is 354 g/mol. The Bertz CT molecular complexity index is 948. The average Bonchev–Trinajstić information content (AvgIpc) is 3.22. The second-order valence-corrected chi connectivity index (χ2v) is 7.33. The molecule has 2 heteroatoms. The molecule has 0 spiro atoms. The zero-order chi connectivity index (χ0) is 19.5. The van der Waals surface area contributed by atoms with Crippen LogP contribution in [0.25, 0.3) is 0 Å². The summed E-state index contributed by atoms with van der Waals surface area (Å²) in [5.74, 6) is 0. The van der Waals surface area contributed by atoms with Crippen LogP contribution in [0.3, 0.4) is 0 Å². The van der Waals surface area contributed by atoms with Crippen LogP contribution < -0.4 is 4.90 Å². The molecule has 0 saturated carbocycles. The Labute approximate surface area is 172 Å². The molecule has 1 aliphatic heterocycles. The third-order valence-corrected chi connectivity index (χ3v) is 5.52. The SMILES string of the molecule is c1ccc([C@H]2O[C@@H](c3ccccc3)[C@@H](c3ccccc3)N2c2ccccc2)cc1. The topological polar surface area (TPSA) is 12.5 Å². The van der Waals surface area contributed by atoms with Gasteiger partial charge in [0.15, 0.2) is 6.23 Å². The van der Waals surface area contributed by atoms with Crippen molar-refractivity contribution in [1.82, 2.24) is 0 Å². The van der Waals surface area contributed by atoms with Gasteiger partial charge < -0.3 is 9.64 Å². The van der Waals surface area contributed by atoms with E-state index in [9.17, 15) is 0 Å². The van der Waals surface area contributed by atoms with E-state index in [0.717, 1.165) is 11.3 Å². The number of ether oxygens (including phenoxy) is 1. The number of hydrogen-bond acceptors (Lipinski definition) is 2. The minimum absolute atomic E-state index is 0.0657. The summed E-state index contributed by atoms with van der Waals surface area (Å²) >= 11 is 0. The fourth-order valence-corrected chi connectivity index (χ4v) is 4.21. The van der Waals surface area contributed by atoms with Gasteiger partial charge in [-0.1, -0.05) is 109 Å². The van der Waals surface area contributed by atoms with Crippen LogP contribution in [0.4, 0.5) is 5.69 Å². The van der Waals surface area contributed by atoms with Gasteiger partial charge in [-0.05, 0) is 23.3 Å². The lowest BCUT2D eigenvalue weighted by Gasteiger charge is -2.31. The maximum atomic E-state index is 6.79. The van der Waals surface area contributed by atoms with Gasteiger partial charge in [0.25, 0.3) is 0 Å². The normalized spacial score (nSPS) is 21.2. The van der Waals surface area contributed by atoms with Crippen LogP contribution in [0.15, 0.2) is 121 Å². The van der Waals surface area contributed by atoms with E-state index in [4.69, 9.17) is 4.74 Å². The van der Waals surface area contributed by atoms with Crippen LogP contribution in [0, 0.1) is 0 Å². The van der Waals surface area contributed by atoms with Gasteiger partial charge in [-0.2, -0.15) is 0 Å². The number of nitrogens with zero attached hydrogens (tertiary/aromatic N) is 1. The Kier molecular flexibility index (Phi) is 4.85. The zero-order valence-corrected chi connectivity index (χ0v) is 16.1. The van der Waals surface area contributed by atoms with Crippen molar-refractivity contribution in [3.8, 4) is 0 Å². The molecule has 0 aromatic heterocycles. The summed E-state index contributed by atoms with van der Waals surface area (Å²) in [5, 5.41) is 0.